The van der Waals surface area contributed by atoms with E-state index in [1.54, 1.807) is 30.3 Å². The maximum Gasteiger partial charge on any atom is 0.315 e. The van der Waals surface area contributed by atoms with Crippen molar-refractivity contribution in [2.24, 2.45) is 0 Å². The molecule has 0 fully saturated rings. The monoisotopic (exact) mass is 301 g/mol. The molecule has 0 N–H and O–H groups in total. The summed E-state index contributed by atoms with van der Waals surface area (Å²) in [5.41, 5.74) is 1.12. The lowest BCUT2D eigenvalue weighted by molar-refractivity contribution is -0.133. The Bertz CT molecular complexity index is 707. The van der Waals surface area contributed by atoms with Gasteiger partial charge in [0.25, 0.3) is 0 Å². The zero-order valence-corrected chi connectivity index (χ0v) is 12.1. The number of hydrogen-bond acceptors (Lipinski definition) is 4. The predicted octanol–water partition coefficient (Wildman–Crippen LogP) is 3.37. The normalized spacial score (nSPS) is 9.76. The molecule has 0 aliphatic carbocycles. The molecule has 5 heteroatoms. The first-order valence-corrected chi connectivity index (χ1v) is 6.54. The lowest BCUT2D eigenvalue weighted by Crippen LogP contribution is -2.12. The highest BCUT2D eigenvalue weighted by atomic mass is 35.5. The van der Waals surface area contributed by atoms with Gasteiger partial charge in [0.05, 0.1) is 25.2 Å². The van der Waals surface area contributed by atoms with Gasteiger partial charge in [-0.15, -0.1) is 0 Å². The molecular formula is C16H12ClNO3. The number of hydrogen-bond donors (Lipinski definition) is 0. The van der Waals surface area contributed by atoms with Gasteiger partial charge in [-0.25, -0.2) is 0 Å². The smallest absolute Gasteiger partial charge is 0.315 e. The SMILES string of the molecule is COc1cc(C#N)ccc1OC(=O)Cc1ccccc1Cl. The lowest BCUT2D eigenvalue weighted by Gasteiger charge is -2.09. The van der Waals surface area contributed by atoms with E-state index in [0.29, 0.717) is 21.9 Å². The molecule has 2 aromatic rings. The summed E-state index contributed by atoms with van der Waals surface area (Å²) in [6.07, 6.45) is 0.0584. The molecule has 0 bridgehead atoms. The molecule has 106 valence electrons. The van der Waals surface area contributed by atoms with E-state index in [-0.39, 0.29) is 12.2 Å². The third-order valence-corrected chi connectivity index (χ3v) is 3.18. The van der Waals surface area contributed by atoms with Gasteiger partial charge in [-0.1, -0.05) is 29.8 Å². The first-order valence-electron chi connectivity index (χ1n) is 6.16. The first-order chi connectivity index (χ1) is 10.1. The van der Waals surface area contributed by atoms with Crippen LogP contribution in [0.25, 0.3) is 0 Å². The average Bonchev–Trinajstić information content (AvgIpc) is 2.50. The van der Waals surface area contributed by atoms with Crippen LogP contribution in [0.5, 0.6) is 11.5 Å². The Balaban J connectivity index is 2.13. The molecule has 2 rings (SSSR count). The Kier molecular flexibility index (Phi) is 4.81. The number of nitriles is 1. The van der Waals surface area contributed by atoms with Gasteiger partial charge >= 0.3 is 5.97 Å². The van der Waals surface area contributed by atoms with Crippen LogP contribution in [-0.4, -0.2) is 13.1 Å². The van der Waals surface area contributed by atoms with Gasteiger partial charge in [0, 0.05) is 11.1 Å². The summed E-state index contributed by atoms with van der Waals surface area (Å²) in [6, 6.07) is 13.7. The molecule has 0 aliphatic rings. The van der Waals surface area contributed by atoms with Crippen LogP contribution >= 0.6 is 11.6 Å². The van der Waals surface area contributed by atoms with Crippen molar-refractivity contribution in [2.75, 3.05) is 7.11 Å². The molecule has 0 unspecified atom stereocenters. The summed E-state index contributed by atoms with van der Waals surface area (Å²) in [6.45, 7) is 0. The van der Waals surface area contributed by atoms with Crippen molar-refractivity contribution < 1.29 is 14.3 Å². The highest BCUT2D eigenvalue weighted by molar-refractivity contribution is 6.31. The number of rotatable bonds is 4. The van der Waals surface area contributed by atoms with Gasteiger partial charge in [-0.2, -0.15) is 5.26 Å². The standard InChI is InChI=1S/C16H12ClNO3/c1-20-15-8-11(10-18)6-7-14(15)21-16(19)9-12-4-2-3-5-13(12)17/h2-8H,9H2,1H3. The van der Waals surface area contributed by atoms with E-state index in [4.69, 9.17) is 26.3 Å². The highest BCUT2D eigenvalue weighted by Crippen LogP contribution is 2.28. The van der Waals surface area contributed by atoms with E-state index in [1.807, 2.05) is 6.07 Å². The Morgan fingerprint density at radius 1 is 1.24 bits per heavy atom. The topological polar surface area (TPSA) is 59.3 Å². The average molecular weight is 302 g/mol. The molecule has 0 saturated carbocycles. The van der Waals surface area contributed by atoms with Crippen molar-refractivity contribution in [1.82, 2.24) is 0 Å². The molecule has 0 spiro atoms. The van der Waals surface area contributed by atoms with Crippen LogP contribution in [0.3, 0.4) is 0 Å². The molecule has 0 amide bonds. The zero-order valence-electron chi connectivity index (χ0n) is 11.3. The number of nitrogens with zero attached hydrogens (tertiary/aromatic N) is 1. The Morgan fingerprint density at radius 2 is 2.00 bits per heavy atom. The minimum Gasteiger partial charge on any atom is -0.493 e. The summed E-state index contributed by atoms with van der Waals surface area (Å²) in [5.74, 6) is 0.154. The quantitative estimate of drug-likeness (QED) is 0.642. The Morgan fingerprint density at radius 3 is 2.67 bits per heavy atom. The summed E-state index contributed by atoms with van der Waals surface area (Å²) < 4.78 is 10.4. The van der Waals surface area contributed by atoms with Gasteiger partial charge in [0.2, 0.25) is 0 Å². The molecule has 0 atom stereocenters. The third-order valence-electron chi connectivity index (χ3n) is 2.81. The van der Waals surface area contributed by atoms with Crippen molar-refractivity contribution in [3.8, 4) is 17.6 Å². The van der Waals surface area contributed by atoms with Crippen molar-refractivity contribution in [1.29, 1.82) is 5.26 Å². The molecule has 0 aromatic heterocycles. The van der Waals surface area contributed by atoms with Crippen LogP contribution in [0.15, 0.2) is 42.5 Å². The van der Waals surface area contributed by atoms with E-state index in [2.05, 4.69) is 0 Å². The first kappa shape index (κ1) is 14.9. The maximum atomic E-state index is 12.0. The number of esters is 1. The molecule has 21 heavy (non-hydrogen) atoms. The van der Waals surface area contributed by atoms with E-state index >= 15 is 0 Å². The summed E-state index contributed by atoms with van der Waals surface area (Å²) in [7, 11) is 1.45. The lowest BCUT2D eigenvalue weighted by atomic mass is 10.1. The molecular weight excluding hydrogens is 290 g/mol. The molecule has 0 heterocycles. The number of carbonyl (C=O) groups excluding carboxylic acids is 1. The van der Waals surface area contributed by atoms with Crippen molar-refractivity contribution in [2.45, 2.75) is 6.42 Å². The number of halogens is 1. The fraction of sp³-hybridized carbons (Fsp3) is 0.125. The second-order valence-corrected chi connectivity index (χ2v) is 4.63. The van der Waals surface area contributed by atoms with Gasteiger partial charge in [0.15, 0.2) is 11.5 Å². The van der Waals surface area contributed by atoms with Crippen molar-refractivity contribution in [3.05, 3.63) is 58.6 Å². The van der Waals surface area contributed by atoms with Crippen LogP contribution < -0.4 is 9.47 Å². The number of ether oxygens (including phenoxy) is 2. The van der Waals surface area contributed by atoms with Gasteiger partial charge in [0.1, 0.15) is 0 Å². The fourth-order valence-corrected chi connectivity index (χ4v) is 1.98. The van der Waals surface area contributed by atoms with Gasteiger partial charge in [-0.3, -0.25) is 4.79 Å². The zero-order chi connectivity index (χ0) is 15.2. The Labute approximate surface area is 127 Å². The largest absolute Gasteiger partial charge is 0.493 e. The Hall–Kier alpha value is -2.51. The molecule has 2 aromatic carbocycles. The van der Waals surface area contributed by atoms with Crippen LogP contribution in [-0.2, 0) is 11.2 Å². The molecule has 0 radical (unpaired) electrons. The molecule has 4 nitrogen and oxygen atoms in total. The van der Waals surface area contributed by atoms with Crippen LogP contribution in [0.1, 0.15) is 11.1 Å². The van der Waals surface area contributed by atoms with E-state index in [9.17, 15) is 4.79 Å². The van der Waals surface area contributed by atoms with Crippen LogP contribution in [0.2, 0.25) is 5.02 Å². The minimum atomic E-state index is -0.453. The summed E-state index contributed by atoms with van der Waals surface area (Å²) in [5, 5.41) is 9.34. The number of methoxy groups -OCH3 is 1. The fourth-order valence-electron chi connectivity index (χ4n) is 1.78. The maximum absolute atomic E-state index is 12.0. The minimum absolute atomic E-state index is 0.0584. The van der Waals surface area contributed by atoms with Gasteiger partial charge < -0.3 is 9.47 Å². The second kappa shape index (κ2) is 6.78. The predicted molar refractivity (Wildman–Crippen MR) is 78.5 cm³/mol. The van der Waals surface area contributed by atoms with E-state index in [1.165, 1.54) is 19.2 Å². The van der Waals surface area contributed by atoms with Crippen LogP contribution in [0, 0.1) is 11.3 Å². The van der Waals surface area contributed by atoms with Crippen molar-refractivity contribution >= 4 is 17.6 Å². The molecule has 0 aliphatic heterocycles. The highest BCUT2D eigenvalue weighted by Gasteiger charge is 2.13. The van der Waals surface area contributed by atoms with Crippen LogP contribution in [0.4, 0.5) is 0 Å². The van der Waals surface area contributed by atoms with E-state index < -0.39 is 5.97 Å². The van der Waals surface area contributed by atoms with Gasteiger partial charge in [-0.05, 0) is 23.8 Å². The third kappa shape index (κ3) is 3.74. The summed E-state index contributed by atoms with van der Waals surface area (Å²) >= 11 is 6.00. The number of benzene rings is 2. The number of carbonyl (C=O) groups is 1. The molecule has 0 saturated heterocycles. The second-order valence-electron chi connectivity index (χ2n) is 4.22. The summed E-state index contributed by atoms with van der Waals surface area (Å²) in [4.78, 5) is 12.0. The van der Waals surface area contributed by atoms with E-state index in [0.717, 1.165) is 0 Å². The van der Waals surface area contributed by atoms with Crippen molar-refractivity contribution in [3.63, 3.8) is 0 Å².